The molecule has 0 saturated carbocycles. The minimum Gasteiger partial charge on any atom is -0.339 e. The van der Waals surface area contributed by atoms with Crippen LogP contribution >= 0.6 is 11.6 Å². The number of carbonyl (C=O) groups is 1. The van der Waals surface area contributed by atoms with Gasteiger partial charge in [0.1, 0.15) is 5.38 Å². The molecular formula is C9H17ClN2O. The monoisotopic (exact) mass is 204 g/mol. The molecule has 1 N–H and O–H groups in total. The van der Waals surface area contributed by atoms with Crippen molar-refractivity contribution in [2.45, 2.75) is 31.7 Å². The number of hydrogen-bond donors (Lipinski definition) is 1. The zero-order valence-corrected chi connectivity index (χ0v) is 8.97. The highest BCUT2D eigenvalue weighted by Gasteiger charge is 2.24. The summed E-state index contributed by atoms with van der Waals surface area (Å²) in [5.74, 6) is 0.0810. The van der Waals surface area contributed by atoms with Gasteiger partial charge in [-0.1, -0.05) is 6.92 Å². The quantitative estimate of drug-likeness (QED) is 0.676. The van der Waals surface area contributed by atoms with Gasteiger partial charge in [-0.2, -0.15) is 0 Å². The SMILES string of the molecule is CCC(Cl)C(=O)N1CCNC(C)C1. The van der Waals surface area contributed by atoms with Crippen molar-refractivity contribution < 1.29 is 4.79 Å². The summed E-state index contributed by atoms with van der Waals surface area (Å²) in [4.78, 5) is 13.5. The van der Waals surface area contributed by atoms with Crippen molar-refractivity contribution in [1.82, 2.24) is 10.2 Å². The van der Waals surface area contributed by atoms with Gasteiger partial charge in [-0.05, 0) is 13.3 Å². The number of hydrogen-bond acceptors (Lipinski definition) is 2. The van der Waals surface area contributed by atoms with Crippen LogP contribution in [-0.2, 0) is 4.79 Å². The molecule has 3 nitrogen and oxygen atoms in total. The van der Waals surface area contributed by atoms with Gasteiger partial charge >= 0.3 is 0 Å². The van der Waals surface area contributed by atoms with Crippen molar-refractivity contribution in [1.29, 1.82) is 0 Å². The van der Waals surface area contributed by atoms with Gasteiger partial charge in [0, 0.05) is 25.7 Å². The Morgan fingerprint density at radius 1 is 1.77 bits per heavy atom. The summed E-state index contributed by atoms with van der Waals surface area (Å²) in [7, 11) is 0. The molecule has 2 atom stereocenters. The molecule has 0 aromatic heterocycles. The second kappa shape index (κ2) is 4.82. The predicted octanol–water partition coefficient (Wildman–Crippen LogP) is 0.824. The van der Waals surface area contributed by atoms with Crippen LogP contribution in [0.2, 0.25) is 0 Å². The Bertz CT molecular complexity index is 186. The van der Waals surface area contributed by atoms with Gasteiger partial charge in [0.2, 0.25) is 5.91 Å². The molecule has 0 aromatic carbocycles. The minimum atomic E-state index is -0.342. The smallest absolute Gasteiger partial charge is 0.240 e. The number of nitrogens with zero attached hydrogens (tertiary/aromatic N) is 1. The summed E-state index contributed by atoms with van der Waals surface area (Å²) in [6, 6.07) is 0.387. The zero-order chi connectivity index (χ0) is 9.84. The third-order valence-corrected chi connectivity index (χ3v) is 2.80. The number of piperazine rings is 1. The van der Waals surface area contributed by atoms with E-state index in [1.165, 1.54) is 0 Å². The van der Waals surface area contributed by atoms with Crippen LogP contribution in [0, 0.1) is 0 Å². The van der Waals surface area contributed by atoms with E-state index in [1.54, 1.807) is 0 Å². The molecule has 76 valence electrons. The first-order chi connectivity index (χ1) is 6.15. The minimum absolute atomic E-state index is 0.0810. The summed E-state index contributed by atoms with van der Waals surface area (Å²) < 4.78 is 0. The highest BCUT2D eigenvalue weighted by molar-refractivity contribution is 6.30. The van der Waals surface area contributed by atoms with Crippen LogP contribution in [0.1, 0.15) is 20.3 Å². The van der Waals surface area contributed by atoms with Crippen LogP contribution < -0.4 is 5.32 Å². The van der Waals surface area contributed by atoms with E-state index in [2.05, 4.69) is 12.2 Å². The van der Waals surface area contributed by atoms with E-state index in [-0.39, 0.29) is 11.3 Å². The van der Waals surface area contributed by atoms with Gasteiger partial charge in [0.25, 0.3) is 0 Å². The lowest BCUT2D eigenvalue weighted by Crippen LogP contribution is -2.53. The summed E-state index contributed by atoms with van der Waals surface area (Å²) in [6.07, 6.45) is 0.707. The molecule has 0 bridgehead atoms. The molecule has 1 heterocycles. The van der Waals surface area contributed by atoms with Crippen LogP contribution in [-0.4, -0.2) is 41.9 Å². The van der Waals surface area contributed by atoms with Crippen molar-refractivity contribution in [2.75, 3.05) is 19.6 Å². The number of carbonyl (C=O) groups excluding carboxylic acids is 1. The second-order valence-electron chi connectivity index (χ2n) is 3.52. The van der Waals surface area contributed by atoms with Crippen LogP contribution in [0.3, 0.4) is 0 Å². The molecule has 4 heteroatoms. The van der Waals surface area contributed by atoms with E-state index in [9.17, 15) is 4.79 Å². The molecule has 0 aromatic rings. The number of rotatable bonds is 2. The average Bonchev–Trinajstić information content (AvgIpc) is 2.15. The number of alkyl halides is 1. The van der Waals surface area contributed by atoms with Crippen molar-refractivity contribution in [3.63, 3.8) is 0 Å². The van der Waals surface area contributed by atoms with E-state index in [0.29, 0.717) is 12.5 Å². The third kappa shape index (κ3) is 2.85. The molecule has 1 aliphatic rings. The molecule has 0 spiro atoms. The zero-order valence-electron chi connectivity index (χ0n) is 8.22. The van der Waals surface area contributed by atoms with Crippen LogP contribution in [0.15, 0.2) is 0 Å². The van der Waals surface area contributed by atoms with Crippen LogP contribution in [0.25, 0.3) is 0 Å². The standard InChI is InChI=1S/C9H17ClN2O/c1-3-8(10)9(13)12-5-4-11-7(2)6-12/h7-8,11H,3-6H2,1-2H3. The molecule has 1 saturated heterocycles. The van der Waals surface area contributed by atoms with Crippen LogP contribution in [0.4, 0.5) is 0 Å². The van der Waals surface area contributed by atoms with Crippen molar-refractivity contribution >= 4 is 17.5 Å². The Labute approximate surface area is 84.4 Å². The predicted molar refractivity (Wildman–Crippen MR) is 54.0 cm³/mol. The maximum atomic E-state index is 11.6. The molecule has 1 fully saturated rings. The number of halogens is 1. The van der Waals surface area contributed by atoms with Crippen LogP contribution in [0.5, 0.6) is 0 Å². The van der Waals surface area contributed by atoms with E-state index >= 15 is 0 Å². The van der Waals surface area contributed by atoms with Crippen molar-refractivity contribution in [2.24, 2.45) is 0 Å². The fourth-order valence-electron chi connectivity index (χ4n) is 1.51. The third-order valence-electron chi connectivity index (χ3n) is 2.31. The molecule has 2 unspecified atom stereocenters. The molecule has 13 heavy (non-hydrogen) atoms. The van der Waals surface area contributed by atoms with Gasteiger partial charge in [0.15, 0.2) is 0 Å². The largest absolute Gasteiger partial charge is 0.339 e. The Hall–Kier alpha value is -0.280. The first-order valence-corrected chi connectivity index (χ1v) is 5.25. The average molecular weight is 205 g/mol. The van der Waals surface area contributed by atoms with E-state index < -0.39 is 0 Å². The lowest BCUT2D eigenvalue weighted by Gasteiger charge is -2.32. The number of nitrogens with one attached hydrogen (secondary N) is 1. The Balaban J connectivity index is 2.46. The Morgan fingerprint density at radius 2 is 2.46 bits per heavy atom. The molecule has 1 aliphatic heterocycles. The van der Waals surface area contributed by atoms with Crippen molar-refractivity contribution in [3.05, 3.63) is 0 Å². The van der Waals surface area contributed by atoms with Gasteiger partial charge < -0.3 is 10.2 Å². The van der Waals surface area contributed by atoms with Crippen molar-refractivity contribution in [3.8, 4) is 0 Å². The first-order valence-electron chi connectivity index (χ1n) is 4.81. The molecule has 1 rings (SSSR count). The Morgan fingerprint density at radius 3 is 3.00 bits per heavy atom. The maximum Gasteiger partial charge on any atom is 0.240 e. The summed E-state index contributed by atoms with van der Waals surface area (Å²) >= 11 is 5.89. The maximum absolute atomic E-state index is 11.6. The topological polar surface area (TPSA) is 32.3 Å². The lowest BCUT2D eigenvalue weighted by molar-refractivity contribution is -0.131. The second-order valence-corrected chi connectivity index (χ2v) is 4.04. The molecular weight excluding hydrogens is 188 g/mol. The summed E-state index contributed by atoms with van der Waals surface area (Å²) in [5.41, 5.74) is 0. The fraction of sp³-hybridized carbons (Fsp3) is 0.889. The van der Waals surface area contributed by atoms with E-state index in [4.69, 9.17) is 11.6 Å². The highest BCUT2D eigenvalue weighted by Crippen LogP contribution is 2.08. The highest BCUT2D eigenvalue weighted by atomic mass is 35.5. The van der Waals surface area contributed by atoms with Gasteiger partial charge in [0.05, 0.1) is 0 Å². The van der Waals surface area contributed by atoms with Gasteiger partial charge in [-0.3, -0.25) is 4.79 Å². The summed E-state index contributed by atoms with van der Waals surface area (Å²) in [5, 5.41) is 2.94. The molecule has 1 amide bonds. The number of amides is 1. The van der Waals surface area contributed by atoms with Gasteiger partial charge in [-0.15, -0.1) is 11.6 Å². The molecule has 0 aliphatic carbocycles. The van der Waals surface area contributed by atoms with E-state index in [1.807, 2.05) is 11.8 Å². The first kappa shape index (κ1) is 10.8. The molecule has 0 radical (unpaired) electrons. The Kier molecular flexibility index (Phi) is 4.00. The fourth-order valence-corrected chi connectivity index (χ4v) is 1.64. The normalized spacial score (nSPS) is 25.8. The lowest BCUT2D eigenvalue weighted by atomic mass is 10.2. The van der Waals surface area contributed by atoms with E-state index in [0.717, 1.165) is 19.6 Å². The van der Waals surface area contributed by atoms with Gasteiger partial charge in [-0.25, -0.2) is 0 Å². The summed E-state index contributed by atoms with van der Waals surface area (Å²) in [6.45, 7) is 6.45.